The van der Waals surface area contributed by atoms with Crippen molar-refractivity contribution in [3.8, 4) is 0 Å². The first-order valence-corrected chi connectivity index (χ1v) is 4.96. The zero-order chi connectivity index (χ0) is 10.1. The largest absolute Gasteiger partial charge is 0.353 e. The van der Waals surface area contributed by atoms with Crippen molar-refractivity contribution >= 4 is 5.91 Å². The van der Waals surface area contributed by atoms with Crippen LogP contribution in [0.25, 0.3) is 0 Å². The Morgan fingerprint density at radius 3 is 2.69 bits per heavy atom. The number of rotatable bonds is 2. The Morgan fingerprint density at radius 1 is 1.54 bits per heavy atom. The highest BCUT2D eigenvalue weighted by Gasteiger charge is 2.32. The lowest BCUT2D eigenvalue weighted by atomic mass is 9.95. The molecule has 1 amide bonds. The molecule has 0 aromatic heterocycles. The third-order valence-electron chi connectivity index (χ3n) is 2.29. The van der Waals surface area contributed by atoms with Gasteiger partial charge >= 0.3 is 0 Å². The van der Waals surface area contributed by atoms with Crippen LogP contribution in [0.5, 0.6) is 0 Å². The molecule has 76 valence electrons. The van der Waals surface area contributed by atoms with E-state index in [1.165, 1.54) is 0 Å². The second-order valence-electron chi connectivity index (χ2n) is 4.93. The van der Waals surface area contributed by atoms with Gasteiger partial charge in [0.2, 0.25) is 5.91 Å². The van der Waals surface area contributed by atoms with Gasteiger partial charge in [0.05, 0.1) is 6.04 Å². The van der Waals surface area contributed by atoms with Gasteiger partial charge in [0, 0.05) is 12.1 Å². The summed E-state index contributed by atoms with van der Waals surface area (Å²) < 4.78 is 0. The summed E-state index contributed by atoms with van der Waals surface area (Å²) in [4.78, 5) is 11.4. The quantitative estimate of drug-likeness (QED) is 0.669. The molecule has 0 spiro atoms. The van der Waals surface area contributed by atoms with E-state index in [1.54, 1.807) is 0 Å². The predicted octanol–water partition coefficient (Wildman–Crippen LogP) is 0.899. The van der Waals surface area contributed by atoms with Gasteiger partial charge in [0.25, 0.3) is 0 Å². The Balaban J connectivity index is 2.55. The summed E-state index contributed by atoms with van der Waals surface area (Å²) in [5.74, 6) is 0.699. The number of carbonyl (C=O) groups is 1. The van der Waals surface area contributed by atoms with Crippen molar-refractivity contribution in [3.05, 3.63) is 0 Å². The van der Waals surface area contributed by atoms with Gasteiger partial charge in [-0.25, -0.2) is 0 Å². The molecule has 1 aliphatic heterocycles. The maximum absolute atomic E-state index is 11.4. The number of nitrogens with one attached hydrogen (secondary N) is 2. The van der Waals surface area contributed by atoms with Crippen LogP contribution < -0.4 is 10.6 Å². The lowest BCUT2D eigenvalue weighted by Crippen LogP contribution is -2.63. The van der Waals surface area contributed by atoms with Crippen molar-refractivity contribution in [3.63, 3.8) is 0 Å². The van der Waals surface area contributed by atoms with Crippen molar-refractivity contribution in [1.29, 1.82) is 0 Å². The minimum absolute atomic E-state index is 0.0104. The van der Waals surface area contributed by atoms with Crippen LogP contribution in [0.2, 0.25) is 0 Å². The molecule has 2 N–H and O–H groups in total. The molecule has 0 radical (unpaired) electrons. The topological polar surface area (TPSA) is 41.1 Å². The van der Waals surface area contributed by atoms with Gasteiger partial charge in [-0.3, -0.25) is 10.1 Å². The van der Waals surface area contributed by atoms with Crippen LogP contribution >= 0.6 is 0 Å². The molecule has 0 saturated carbocycles. The second-order valence-corrected chi connectivity index (χ2v) is 4.93. The van der Waals surface area contributed by atoms with Gasteiger partial charge in [0.15, 0.2) is 0 Å². The molecular weight excluding hydrogens is 164 g/mol. The standard InChI is InChI=1S/C10H20N2O/c1-7(2)5-8-9(13)11-6-10(3,4)12-8/h7-8,12H,5-6H2,1-4H3,(H,11,13). The van der Waals surface area contributed by atoms with Gasteiger partial charge < -0.3 is 5.32 Å². The molecular formula is C10H20N2O. The van der Waals surface area contributed by atoms with E-state index in [4.69, 9.17) is 0 Å². The van der Waals surface area contributed by atoms with Crippen LogP contribution in [0.1, 0.15) is 34.1 Å². The maximum Gasteiger partial charge on any atom is 0.237 e. The van der Waals surface area contributed by atoms with E-state index in [2.05, 4.69) is 38.3 Å². The van der Waals surface area contributed by atoms with Crippen LogP contribution in [0.3, 0.4) is 0 Å². The van der Waals surface area contributed by atoms with Crippen molar-refractivity contribution in [2.24, 2.45) is 5.92 Å². The van der Waals surface area contributed by atoms with Gasteiger partial charge in [-0.2, -0.15) is 0 Å². The first-order valence-electron chi connectivity index (χ1n) is 4.96. The van der Waals surface area contributed by atoms with Gasteiger partial charge in [0.1, 0.15) is 0 Å². The van der Waals surface area contributed by atoms with Crippen LogP contribution in [0.4, 0.5) is 0 Å². The first kappa shape index (κ1) is 10.5. The SMILES string of the molecule is CC(C)CC1NC(C)(C)CNC1=O. The molecule has 1 atom stereocenters. The summed E-state index contributed by atoms with van der Waals surface area (Å²) in [6.07, 6.45) is 0.912. The fraction of sp³-hybridized carbons (Fsp3) is 0.900. The molecule has 3 heteroatoms. The lowest BCUT2D eigenvalue weighted by Gasteiger charge is -2.37. The first-order chi connectivity index (χ1) is 5.91. The molecule has 1 unspecified atom stereocenters. The van der Waals surface area contributed by atoms with Crippen LogP contribution in [-0.4, -0.2) is 24.0 Å². The van der Waals surface area contributed by atoms with Crippen LogP contribution in [-0.2, 0) is 4.79 Å². The average Bonchev–Trinajstić information content (AvgIpc) is 1.95. The third kappa shape index (κ3) is 2.99. The molecule has 3 nitrogen and oxygen atoms in total. The summed E-state index contributed by atoms with van der Waals surface area (Å²) >= 11 is 0. The highest BCUT2D eigenvalue weighted by atomic mass is 16.2. The molecule has 1 heterocycles. The van der Waals surface area contributed by atoms with E-state index in [-0.39, 0.29) is 17.5 Å². The third-order valence-corrected chi connectivity index (χ3v) is 2.29. The normalized spacial score (nSPS) is 27.5. The zero-order valence-electron chi connectivity index (χ0n) is 8.98. The molecule has 0 aromatic carbocycles. The van der Waals surface area contributed by atoms with E-state index < -0.39 is 0 Å². The second kappa shape index (κ2) is 3.66. The van der Waals surface area contributed by atoms with Crippen LogP contribution in [0, 0.1) is 5.92 Å². The number of amides is 1. The Labute approximate surface area is 80.3 Å². The lowest BCUT2D eigenvalue weighted by molar-refractivity contribution is -0.126. The van der Waals surface area contributed by atoms with E-state index >= 15 is 0 Å². The molecule has 0 aromatic rings. The molecule has 0 aliphatic carbocycles. The molecule has 0 bridgehead atoms. The Kier molecular flexibility index (Phi) is 2.96. The molecule has 13 heavy (non-hydrogen) atoms. The van der Waals surface area contributed by atoms with Gasteiger partial charge in [-0.1, -0.05) is 13.8 Å². The summed E-state index contributed by atoms with van der Waals surface area (Å²) in [7, 11) is 0. The number of carbonyl (C=O) groups excluding carboxylic acids is 1. The molecule has 1 rings (SSSR count). The zero-order valence-corrected chi connectivity index (χ0v) is 8.98. The monoisotopic (exact) mass is 184 g/mol. The van der Waals surface area contributed by atoms with Crippen molar-refractivity contribution in [2.75, 3.05) is 6.54 Å². The van der Waals surface area contributed by atoms with E-state index in [0.717, 1.165) is 13.0 Å². The Morgan fingerprint density at radius 2 is 2.15 bits per heavy atom. The molecule has 1 aliphatic rings. The van der Waals surface area contributed by atoms with Crippen molar-refractivity contribution < 1.29 is 4.79 Å². The van der Waals surface area contributed by atoms with Crippen LogP contribution in [0.15, 0.2) is 0 Å². The summed E-state index contributed by atoms with van der Waals surface area (Å²) in [6, 6.07) is -0.0104. The summed E-state index contributed by atoms with van der Waals surface area (Å²) in [6.45, 7) is 9.22. The van der Waals surface area contributed by atoms with Gasteiger partial charge in [-0.05, 0) is 26.2 Å². The Bertz CT molecular complexity index is 199. The number of piperazine rings is 1. The van der Waals surface area contributed by atoms with Crippen molar-refractivity contribution in [1.82, 2.24) is 10.6 Å². The van der Waals surface area contributed by atoms with Crippen molar-refractivity contribution in [2.45, 2.75) is 45.7 Å². The average molecular weight is 184 g/mol. The van der Waals surface area contributed by atoms with Gasteiger partial charge in [-0.15, -0.1) is 0 Å². The number of hydrogen-bond acceptors (Lipinski definition) is 2. The summed E-state index contributed by atoms with van der Waals surface area (Å²) in [5.41, 5.74) is 0.0352. The minimum Gasteiger partial charge on any atom is -0.353 e. The summed E-state index contributed by atoms with van der Waals surface area (Å²) in [5, 5.41) is 6.29. The number of hydrogen-bond donors (Lipinski definition) is 2. The maximum atomic E-state index is 11.4. The predicted molar refractivity (Wildman–Crippen MR) is 53.5 cm³/mol. The van der Waals surface area contributed by atoms with E-state index in [1.807, 2.05) is 0 Å². The highest BCUT2D eigenvalue weighted by molar-refractivity contribution is 5.82. The molecule has 1 fully saturated rings. The van der Waals surface area contributed by atoms with E-state index in [0.29, 0.717) is 5.92 Å². The fourth-order valence-corrected chi connectivity index (χ4v) is 1.66. The smallest absolute Gasteiger partial charge is 0.237 e. The van der Waals surface area contributed by atoms with E-state index in [9.17, 15) is 4.79 Å². The molecule has 1 saturated heterocycles. The highest BCUT2D eigenvalue weighted by Crippen LogP contribution is 2.13. The fourth-order valence-electron chi connectivity index (χ4n) is 1.66. The minimum atomic E-state index is -0.0104. The Hall–Kier alpha value is -0.570.